The number of carbonyl (C=O) groups is 1. The highest BCUT2D eigenvalue weighted by molar-refractivity contribution is 5.69. The van der Waals surface area contributed by atoms with Crippen molar-refractivity contribution in [2.24, 2.45) is 0 Å². The third-order valence-electron chi connectivity index (χ3n) is 5.26. The van der Waals surface area contributed by atoms with Crippen LogP contribution in [0.15, 0.2) is 36.7 Å². The molecule has 170 valence electrons. The second-order valence-electron chi connectivity index (χ2n) is 7.77. The summed E-state index contributed by atoms with van der Waals surface area (Å²) in [4.78, 5) is 24.1. The van der Waals surface area contributed by atoms with E-state index < -0.39 is 6.61 Å². The third-order valence-corrected chi connectivity index (χ3v) is 5.26. The van der Waals surface area contributed by atoms with E-state index in [0.717, 1.165) is 6.42 Å². The molecule has 0 unspecified atom stereocenters. The molecule has 0 spiro atoms. The molecule has 3 aromatic heterocycles. The molecule has 1 saturated heterocycles. The fourth-order valence-corrected chi connectivity index (χ4v) is 3.68. The quantitative estimate of drug-likeness (QED) is 0.573. The lowest BCUT2D eigenvalue weighted by atomic mass is 10.2. The first kappa shape index (κ1) is 21.7. The minimum absolute atomic E-state index is 0.00891. The molecule has 4 heterocycles. The number of alkyl halides is 2. The Labute approximate surface area is 183 Å². The molecule has 1 atom stereocenters. The van der Waals surface area contributed by atoms with E-state index in [0.29, 0.717) is 35.8 Å². The number of likely N-dealkylation sites (N-methyl/N-ethyl adjacent to an activating group) is 1. The van der Waals surface area contributed by atoms with Gasteiger partial charge in [0, 0.05) is 26.3 Å². The van der Waals surface area contributed by atoms with Gasteiger partial charge in [0.1, 0.15) is 5.82 Å². The van der Waals surface area contributed by atoms with Crippen LogP contribution in [0.5, 0.6) is 5.88 Å². The lowest BCUT2D eigenvalue weighted by Crippen LogP contribution is -2.40. The van der Waals surface area contributed by atoms with Crippen LogP contribution < -0.4 is 9.64 Å². The average Bonchev–Trinajstić information content (AvgIpc) is 3.40. The standard InChI is InChI=1S/C21H24F2N6O3/c1-13(2)31-21(30)27(3)14-8-10-28(12-14)18-7-6-17-25-11-16(29(17)26-18)15-5-4-9-24-19(15)32-20(22)23/h4-7,9,11,13-14,20H,8,10,12H2,1-3H3/t14-/m0/s1. The molecule has 4 rings (SSSR count). The Morgan fingerprint density at radius 2 is 2.06 bits per heavy atom. The Balaban J connectivity index is 1.59. The van der Waals surface area contributed by atoms with Crippen LogP contribution in [0.3, 0.4) is 0 Å². The summed E-state index contributed by atoms with van der Waals surface area (Å²) in [5.41, 5.74) is 1.41. The van der Waals surface area contributed by atoms with E-state index in [4.69, 9.17) is 4.74 Å². The summed E-state index contributed by atoms with van der Waals surface area (Å²) >= 11 is 0. The Morgan fingerprint density at radius 1 is 1.25 bits per heavy atom. The number of hydrogen-bond acceptors (Lipinski definition) is 7. The molecular formula is C21H24F2N6O3. The molecule has 1 fully saturated rings. The zero-order valence-corrected chi connectivity index (χ0v) is 18.0. The van der Waals surface area contributed by atoms with Crippen LogP contribution in [-0.2, 0) is 4.74 Å². The van der Waals surface area contributed by atoms with E-state index in [1.807, 2.05) is 19.9 Å². The van der Waals surface area contributed by atoms with Gasteiger partial charge in [-0.1, -0.05) is 0 Å². The molecule has 1 amide bonds. The van der Waals surface area contributed by atoms with Crippen LogP contribution in [0.4, 0.5) is 19.4 Å². The Hall–Kier alpha value is -3.50. The Morgan fingerprint density at radius 3 is 2.81 bits per heavy atom. The van der Waals surface area contributed by atoms with Crippen molar-refractivity contribution in [1.29, 1.82) is 0 Å². The number of pyridine rings is 1. The molecule has 0 bridgehead atoms. The van der Waals surface area contributed by atoms with E-state index in [2.05, 4.69) is 24.7 Å². The van der Waals surface area contributed by atoms with Gasteiger partial charge in [0.2, 0.25) is 5.88 Å². The summed E-state index contributed by atoms with van der Waals surface area (Å²) in [5, 5.41) is 4.68. The molecule has 32 heavy (non-hydrogen) atoms. The highest BCUT2D eigenvalue weighted by Gasteiger charge is 2.30. The summed E-state index contributed by atoms with van der Waals surface area (Å²) in [7, 11) is 1.73. The smallest absolute Gasteiger partial charge is 0.410 e. The molecule has 0 saturated carbocycles. The lowest BCUT2D eigenvalue weighted by molar-refractivity contribution is -0.0524. The monoisotopic (exact) mass is 446 g/mol. The highest BCUT2D eigenvalue weighted by Crippen LogP contribution is 2.30. The summed E-state index contributed by atoms with van der Waals surface area (Å²) in [6, 6.07) is 6.91. The number of rotatable bonds is 6. The Bertz CT molecular complexity index is 1110. The minimum atomic E-state index is -2.99. The number of imidazole rings is 1. The zero-order valence-electron chi connectivity index (χ0n) is 18.0. The molecule has 0 aromatic carbocycles. The number of aromatic nitrogens is 4. The third kappa shape index (κ3) is 4.41. The van der Waals surface area contributed by atoms with Gasteiger partial charge < -0.3 is 19.3 Å². The van der Waals surface area contributed by atoms with Crippen molar-refractivity contribution in [3.8, 4) is 17.1 Å². The van der Waals surface area contributed by atoms with E-state index in [1.54, 1.807) is 40.9 Å². The molecule has 9 nitrogen and oxygen atoms in total. The first-order valence-electron chi connectivity index (χ1n) is 10.3. The minimum Gasteiger partial charge on any atom is -0.447 e. The number of anilines is 1. The van der Waals surface area contributed by atoms with Crippen LogP contribution in [0.25, 0.3) is 16.9 Å². The fraction of sp³-hybridized carbons (Fsp3) is 0.429. The van der Waals surface area contributed by atoms with E-state index in [1.165, 1.54) is 6.20 Å². The predicted octanol–water partition coefficient (Wildman–Crippen LogP) is 3.45. The van der Waals surface area contributed by atoms with Crippen molar-refractivity contribution in [3.05, 3.63) is 36.7 Å². The largest absolute Gasteiger partial charge is 0.447 e. The van der Waals surface area contributed by atoms with Crippen LogP contribution in [-0.4, -0.2) is 69.5 Å². The first-order valence-corrected chi connectivity index (χ1v) is 10.3. The zero-order chi connectivity index (χ0) is 22.8. The molecule has 0 N–H and O–H groups in total. The molecule has 0 aliphatic carbocycles. The number of nitrogens with zero attached hydrogens (tertiary/aromatic N) is 6. The maximum Gasteiger partial charge on any atom is 0.410 e. The number of fused-ring (bicyclic) bond motifs is 1. The summed E-state index contributed by atoms with van der Waals surface area (Å²) in [5.74, 6) is 0.494. The van der Waals surface area contributed by atoms with Crippen molar-refractivity contribution in [1.82, 2.24) is 24.5 Å². The SMILES string of the molecule is CC(C)OC(=O)N(C)[C@H]1CCN(c2ccc3ncc(-c4cccnc4OC(F)F)n3n2)C1. The van der Waals surface area contributed by atoms with Gasteiger partial charge in [-0.25, -0.2) is 19.3 Å². The summed E-state index contributed by atoms with van der Waals surface area (Å²) in [6.45, 7) is 1.94. The first-order chi connectivity index (χ1) is 15.3. The number of amides is 1. The highest BCUT2D eigenvalue weighted by atomic mass is 19.3. The second-order valence-corrected chi connectivity index (χ2v) is 7.77. The van der Waals surface area contributed by atoms with Gasteiger partial charge in [0.05, 0.1) is 29.6 Å². The van der Waals surface area contributed by atoms with Crippen LogP contribution in [0, 0.1) is 0 Å². The van der Waals surface area contributed by atoms with Crippen molar-refractivity contribution in [2.45, 2.75) is 39.0 Å². The summed E-state index contributed by atoms with van der Waals surface area (Å²) < 4.78 is 37.0. The Kier molecular flexibility index (Phi) is 6.06. The van der Waals surface area contributed by atoms with Gasteiger partial charge in [0.15, 0.2) is 5.65 Å². The molecule has 0 radical (unpaired) electrons. The van der Waals surface area contributed by atoms with Gasteiger partial charge in [-0.2, -0.15) is 8.78 Å². The van der Waals surface area contributed by atoms with Crippen molar-refractivity contribution >= 4 is 17.6 Å². The lowest BCUT2D eigenvalue weighted by Gasteiger charge is -2.25. The maximum atomic E-state index is 12.8. The molecule has 11 heteroatoms. The average molecular weight is 446 g/mol. The van der Waals surface area contributed by atoms with E-state index >= 15 is 0 Å². The van der Waals surface area contributed by atoms with Crippen LogP contribution >= 0.6 is 0 Å². The number of carbonyl (C=O) groups excluding carboxylic acids is 1. The normalized spacial score (nSPS) is 16.2. The van der Waals surface area contributed by atoms with E-state index in [9.17, 15) is 13.6 Å². The van der Waals surface area contributed by atoms with Gasteiger partial charge in [-0.05, 0) is 44.5 Å². The van der Waals surface area contributed by atoms with Gasteiger partial charge in [-0.3, -0.25) is 0 Å². The van der Waals surface area contributed by atoms with Crippen molar-refractivity contribution < 1.29 is 23.0 Å². The van der Waals surface area contributed by atoms with Crippen LogP contribution in [0.1, 0.15) is 20.3 Å². The number of halogens is 2. The van der Waals surface area contributed by atoms with Gasteiger partial charge in [-0.15, -0.1) is 5.10 Å². The topological polar surface area (TPSA) is 85.1 Å². The van der Waals surface area contributed by atoms with Gasteiger partial charge >= 0.3 is 12.7 Å². The molecule has 1 aliphatic heterocycles. The van der Waals surface area contributed by atoms with E-state index in [-0.39, 0.29) is 24.1 Å². The fourth-order valence-electron chi connectivity index (χ4n) is 3.68. The number of hydrogen-bond donors (Lipinski definition) is 0. The predicted molar refractivity (Wildman–Crippen MR) is 113 cm³/mol. The van der Waals surface area contributed by atoms with Crippen LogP contribution in [0.2, 0.25) is 0 Å². The van der Waals surface area contributed by atoms with Crippen molar-refractivity contribution in [3.63, 3.8) is 0 Å². The summed E-state index contributed by atoms with van der Waals surface area (Å²) in [6.07, 6.45) is 3.17. The van der Waals surface area contributed by atoms with Crippen molar-refractivity contribution in [2.75, 3.05) is 25.0 Å². The molecular weight excluding hydrogens is 422 g/mol. The number of ether oxygens (including phenoxy) is 2. The van der Waals surface area contributed by atoms with Gasteiger partial charge in [0.25, 0.3) is 0 Å². The molecule has 1 aliphatic rings. The second kappa shape index (κ2) is 8.93. The maximum absolute atomic E-state index is 12.8. The molecule has 3 aromatic rings.